The number of halogens is 1. The standard InChI is InChI=1S/C12H16BrN5S/c1-4-14-10-9(13)11(17-6-16-10)18-8(3)12-15-5-7(2)19-12/h5-6,8H,4H2,1-3H3,(H2,14,16,17,18). The Labute approximate surface area is 125 Å². The molecule has 2 N–H and O–H groups in total. The summed E-state index contributed by atoms with van der Waals surface area (Å²) >= 11 is 5.21. The minimum Gasteiger partial charge on any atom is -0.369 e. The lowest BCUT2D eigenvalue weighted by Gasteiger charge is -2.14. The summed E-state index contributed by atoms with van der Waals surface area (Å²) in [6.45, 7) is 6.97. The highest BCUT2D eigenvalue weighted by Crippen LogP contribution is 2.30. The van der Waals surface area contributed by atoms with Crippen LogP contribution in [0.15, 0.2) is 17.0 Å². The Bertz CT molecular complexity index is 557. The molecule has 0 bridgehead atoms. The summed E-state index contributed by atoms with van der Waals surface area (Å²) < 4.78 is 0.844. The van der Waals surface area contributed by atoms with E-state index in [1.54, 1.807) is 17.7 Å². The quantitative estimate of drug-likeness (QED) is 0.869. The zero-order valence-electron chi connectivity index (χ0n) is 11.1. The maximum atomic E-state index is 4.38. The number of thiazole rings is 1. The summed E-state index contributed by atoms with van der Waals surface area (Å²) in [5, 5.41) is 7.58. The van der Waals surface area contributed by atoms with Crippen molar-refractivity contribution in [3.05, 3.63) is 26.9 Å². The Hall–Kier alpha value is -1.21. The third kappa shape index (κ3) is 3.42. The lowest BCUT2D eigenvalue weighted by Crippen LogP contribution is -2.10. The number of anilines is 2. The summed E-state index contributed by atoms with van der Waals surface area (Å²) in [5.74, 6) is 1.56. The summed E-state index contributed by atoms with van der Waals surface area (Å²) in [7, 11) is 0. The predicted molar refractivity (Wildman–Crippen MR) is 82.8 cm³/mol. The van der Waals surface area contributed by atoms with E-state index in [1.165, 1.54) is 4.88 Å². The highest BCUT2D eigenvalue weighted by Gasteiger charge is 2.14. The van der Waals surface area contributed by atoms with Crippen LogP contribution in [0, 0.1) is 6.92 Å². The van der Waals surface area contributed by atoms with Gasteiger partial charge in [0, 0.05) is 17.6 Å². The van der Waals surface area contributed by atoms with Crippen LogP contribution in [0.3, 0.4) is 0 Å². The first-order valence-electron chi connectivity index (χ1n) is 6.05. The number of nitrogens with zero attached hydrogens (tertiary/aromatic N) is 3. The van der Waals surface area contributed by atoms with Gasteiger partial charge in [-0.05, 0) is 36.7 Å². The fourth-order valence-corrected chi connectivity index (χ4v) is 2.84. The van der Waals surface area contributed by atoms with Gasteiger partial charge in [0.15, 0.2) is 0 Å². The summed E-state index contributed by atoms with van der Waals surface area (Å²) in [5.41, 5.74) is 0. The van der Waals surface area contributed by atoms with E-state index in [0.717, 1.165) is 27.7 Å². The van der Waals surface area contributed by atoms with Gasteiger partial charge in [-0.2, -0.15) is 0 Å². The molecular weight excluding hydrogens is 326 g/mol. The van der Waals surface area contributed by atoms with Crippen molar-refractivity contribution in [2.24, 2.45) is 0 Å². The van der Waals surface area contributed by atoms with Gasteiger partial charge in [-0.25, -0.2) is 15.0 Å². The maximum Gasteiger partial charge on any atom is 0.146 e. The predicted octanol–water partition coefficient (Wildman–Crippen LogP) is 3.61. The number of nitrogens with one attached hydrogen (secondary N) is 2. The van der Waals surface area contributed by atoms with Crippen LogP contribution < -0.4 is 10.6 Å². The molecule has 1 unspecified atom stereocenters. The van der Waals surface area contributed by atoms with Crippen molar-refractivity contribution >= 4 is 38.9 Å². The van der Waals surface area contributed by atoms with Gasteiger partial charge in [0.2, 0.25) is 0 Å². The monoisotopic (exact) mass is 341 g/mol. The second-order valence-electron chi connectivity index (χ2n) is 4.09. The van der Waals surface area contributed by atoms with Crippen molar-refractivity contribution in [1.29, 1.82) is 0 Å². The first-order chi connectivity index (χ1) is 9.11. The van der Waals surface area contributed by atoms with Crippen LogP contribution in [0.1, 0.15) is 29.8 Å². The van der Waals surface area contributed by atoms with Crippen LogP contribution in [-0.2, 0) is 0 Å². The minimum absolute atomic E-state index is 0.111. The van der Waals surface area contributed by atoms with Crippen molar-refractivity contribution in [1.82, 2.24) is 15.0 Å². The van der Waals surface area contributed by atoms with Gasteiger partial charge in [-0.1, -0.05) is 0 Å². The van der Waals surface area contributed by atoms with Gasteiger partial charge in [-0.15, -0.1) is 11.3 Å². The fraction of sp³-hybridized carbons (Fsp3) is 0.417. The highest BCUT2D eigenvalue weighted by molar-refractivity contribution is 9.10. The molecule has 0 aromatic carbocycles. The lowest BCUT2D eigenvalue weighted by atomic mass is 10.3. The molecule has 0 aliphatic rings. The topological polar surface area (TPSA) is 62.7 Å². The van der Waals surface area contributed by atoms with E-state index in [1.807, 2.05) is 13.1 Å². The molecule has 0 spiro atoms. The zero-order chi connectivity index (χ0) is 13.8. The molecule has 102 valence electrons. The molecular formula is C12H16BrN5S. The van der Waals surface area contributed by atoms with Crippen LogP contribution >= 0.6 is 27.3 Å². The highest BCUT2D eigenvalue weighted by atomic mass is 79.9. The van der Waals surface area contributed by atoms with Crippen LogP contribution in [-0.4, -0.2) is 21.5 Å². The molecule has 0 amide bonds. The van der Waals surface area contributed by atoms with Crippen LogP contribution in [0.25, 0.3) is 0 Å². The maximum absolute atomic E-state index is 4.38. The molecule has 19 heavy (non-hydrogen) atoms. The number of aromatic nitrogens is 3. The molecule has 1 atom stereocenters. The average molecular weight is 342 g/mol. The Kier molecular flexibility index (Phi) is 4.71. The van der Waals surface area contributed by atoms with Gasteiger partial charge in [0.05, 0.1) is 6.04 Å². The molecule has 2 heterocycles. The van der Waals surface area contributed by atoms with Crippen molar-refractivity contribution < 1.29 is 0 Å². The van der Waals surface area contributed by atoms with E-state index in [0.29, 0.717) is 0 Å². The zero-order valence-corrected chi connectivity index (χ0v) is 13.5. The normalized spacial score (nSPS) is 12.2. The molecule has 5 nitrogen and oxygen atoms in total. The molecule has 0 saturated heterocycles. The van der Waals surface area contributed by atoms with Crippen LogP contribution in [0.2, 0.25) is 0 Å². The van der Waals surface area contributed by atoms with Crippen molar-refractivity contribution in [2.75, 3.05) is 17.2 Å². The minimum atomic E-state index is 0.111. The number of hydrogen-bond donors (Lipinski definition) is 2. The van der Waals surface area contributed by atoms with Gasteiger partial charge in [0.1, 0.15) is 27.4 Å². The third-order valence-electron chi connectivity index (χ3n) is 2.50. The second-order valence-corrected chi connectivity index (χ2v) is 6.15. The Morgan fingerprint density at radius 3 is 2.68 bits per heavy atom. The molecule has 7 heteroatoms. The summed E-state index contributed by atoms with van der Waals surface area (Å²) in [6.07, 6.45) is 3.43. The lowest BCUT2D eigenvalue weighted by molar-refractivity contribution is 0.856. The van der Waals surface area contributed by atoms with E-state index in [2.05, 4.69) is 55.4 Å². The third-order valence-corrected chi connectivity index (χ3v) is 4.34. The van der Waals surface area contributed by atoms with Gasteiger partial charge in [0.25, 0.3) is 0 Å². The summed E-state index contributed by atoms with van der Waals surface area (Å²) in [6, 6.07) is 0.111. The SMILES string of the molecule is CCNc1ncnc(NC(C)c2ncc(C)s2)c1Br. The van der Waals surface area contributed by atoms with E-state index in [-0.39, 0.29) is 6.04 Å². The van der Waals surface area contributed by atoms with E-state index >= 15 is 0 Å². The van der Waals surface area contributed by atoms with E-state index in [9.17, 15) is 0 Å². The smallest absolute Gasteiger partial charge is 0.146 e. The summed E-state index contributed by atoms with van der Waals surface area (Å²) in [4.78, 5) is 14.0. The van der Waals surface area contributed by atoms with Crippen LogP contribution in [0.4, 0.5) is 11.6 Å². The van der Waals surface area contributed by atoms with E-state index < -0.39 is 0 Å². The second kappa shape index (κ2) is 6.29. The first kappa shape index (κ1) is 14.2. The number of rotatable bonds is 5. The average Bonchev–Trinajstić information content (AvgIpc) is 2.81. The molecule has 0 fully saturated rings. The largest absolute Gasteiger partial charge is 0.369 e. The number of hydrogen-bond acceptors (Lipinski definition) is 6. The van der Waals surface area contributed by atoms with Gasteiger partial charge >= 0.3 is 0 Å². The molecule has 2 aromatic rings. The molecule has 0 aliphatic heterocycles. The molecule has 2 rings (SSSR count). The van der Waals surface area contributed by atoms with Crippen molar-refractivity contribution in [3.63, 3.8) is 0 Å². The Balaban J connectivity index is 2.16. The molecule has 0 radical (unpaired) electrons. The molecule has 2 aromatic heterocycles. The fourth-order valence-electron chi connectivity index (χ4n) is 1.60. The Morgan fingerprint density at radius 2 is 2.05 bits per heavy atom. The Morgan fingerprint density at radius 1 is 1.32 bits per heavy atom. The molecule has 0 saturated carbocycles. The van der Waals surface area contributed by atoms with Gasteiger partial charge in [-0.3, -0.25) is 0 Å². The van der Waals surface area contributed by atoms with Gasteiger partial charge < -0.3 is 10.6 Å². The van der Waals surface area contributed by atoms with E-state index in [4.69, 9.17) is 0 Å². The molecule has 0 aliphatic carbocycles. The van der Waals surface area contributed by atoms with Crippen LogP contribution in [0.5, 0.6) is 0 Å². The van der Waals surface area contributed by atoms with Crippen molar-refractivity contribution in [3.8, 4) is 0 Å². The van der Waals surface area contributed by atoms with Crippen molar-refractivity contribution in [2.45, 2.75) is 26.8 Å². The first-order valence-corrected chi connectivity index (χ1v) is 7.66. The number of aryl methyl sites for hydroxylation is 1.